The van der Waals surface area contributed by atoms with Gasteiger partial charge in [-0.25, -0.2) is 0 Å². The molecule has 2 rings (SSSR count). The normalized spacial score (nSPS) is 14.4. The predicted octanol–water partition coefficient (Wildman–Crippen LogP) is 0.111. The second-order valence-electron chi connectivity index (χ2n) is 4.72. The Morgan fingerprint density at radius 1 is 1.10 bits per heavy atom. The summed E-state index contributed by atoms with van der Waals surface area (Å²) >= 11 is 0. The van der Waals surface area contributed by atoms with E-state index in [9.17, 15) is 9.59 Å². The van der Waals surface area contributed by atoms with Gasteiger partial charge in [-0.2, -0.15) is 0 Å². The number of rotatable bonds is 6. The van der Waals surface area contributed by atoms with Crippen LogP contribution in [-0.4, -0.2) is 42.8 Å². The van der Waals surface area contributed by atoms with E-state index in [1.807, 2.05) is 18.2 Å². The average Bonchev–Trinajstić information content (AvgIpc) is 2.75. The number of nitrogens with one attached hydrogen (secondary N) is 2. The van der Waals surface area contributed by atoms with Crippen molar-refractivity contribution in [3.63, 3.8) is 0 Å². The van der Waals surface area contributed by atoms with Gasteiger partial charge >= 0.3 is 11.8 Å². The zero-order valence-electron chi connectivity index (χ0n) is 11.4. The van der Waals surface area contributed by atoms with Crippen molar-refractivity contribution in [1.29, 1.82) is 0 Å². The number of amides is 2. The average molecular weight is 274 g/mol. The van der Waals surface area contributed by atoms with Gasteiger partial charge in [0.15, 0.2) is 0 Å². The number of carbonyl (C=O) groups excluding carboxylic acids is 2. The Balaban J connectivity index is 1.67. The van der Waals surface area contributed by atoms with E-state index in [1.165, 1.54) is 5.56 Å². The summed E-state index contributed by atoms with van der Waals surface area (Å²) in [5.41, 5.74) is 1.27. The quantitative estimate of drug-likeness (QED) is 0.571. The first kappa shape index (κ1) is 14.2. The molecule has 0 aromatic heterocycles. The molecular weight excluding hydrogens is 256 g/mol. The lowest BCUT2D eigenvalue weighted by atomic mass is 10.2. The summed E-state index contributed by atoms with van der Waals surface area (Å²) < 4.78 is 0. The van der Waals surface area contributed by atoms with E-state index in [1.54, 1.807) is 0 Å². The monoisotopic (exact) mass is 274 g/mol. The first-order valence-corrected chi connectivity index (χ1v) is 6.54. The van der Waals surface area contributed by atoms with Crippen LogP contribution in [0.2, 0.25) is 0 Å². The minimum atomic E-state index is -0.648. The van der Waals surface area contributed by atoms with Crippen LogP contribution in [0, 0.1) is 0 Å². The van der Waals surface area contributed by atoms with Gasteiger partial charge in [0.05, 0.1) is 0 Å². The van der Waals surface area contributed by atoms with Crippen LogP contribution in [0.3, 0.4) is 0 Å². The lowest BCUT2D eigenvalue weighted by molar-refractivity contribution is -0.135. The zero-order valence-corrected chi connectivity index (χ0v) is 11.4. The molecule has 6 heteroatoms. The Hall–Kier alpha value is -2.21. The molecule has 2 amide bonds. The second kappa shape index (κ2) is 6.81. The third-order valence-corrected chi connectivity index (χ3v) is 2.93. The third kappa shape index (κ3) is 4.17. The van der Waals surface area contributed by atoms with Gasteiger partial charge in [0.1, 0.15) is 0 Å². The van der Waals surface area contributed by atoms with Gasteiger partial charge in [-0.1, -0.05) is 30.3 Å². The number of benzene rings is 1. The Labute approximate surface area is 117 Å². The Morgan fingerprint density at radius 3 is 2.40 bits per heavy atom. The molecule has 1 fully saturated rings. The van der Waals surface area contributed by atoms with Crippen molar-refractivity contribution < 1.29 is 9.59 Å². The standard InChI is InChI=1S/C14H18N4O2/c1-18(10-11-6-3-2-4-7-11)9-5-8-15-14-16-12(19)13(20)17-14/h2-4,6-7H,5,8-10H2,1H3,(H2,15,16,17,19,20). The number of hydrogen-bond acceptors (Lipinski definition) is 4. The summed E-state index contributed by atoms with van der Waals surface area (Å²) in [4.78, 5) is 28.2. The molecule has 1 aliphatic heterocycles. The van der Waals surface area contributed by atoms with Crippen LogP contribution >= 0.6 is 0 Å². The molecular formula is C14H18N4O2. The number of hydrogen-bond donors (Lipinski definition) is 2. The van der Waals surface area contributed by atoms with E-state index in [0.29, 0.717) is 6.54 Å². The van der Waals surface area contributed by atoms with Gasteiger partial charge in [-0.3, -0.25) is 25.2 Å². The highest BCUT2D eigenvalue weighted by Gasteiger charge is 2.24. The van der Waals surface area contributed by atoms with Gasteiger partial charge in [-0.05, 0) is 25.6 Å². The van der Waals surface area contributed by atoms with E-state index in [-0.39, 0.29) is 5.96 Å². The van der Waals surface area contributed by atoms with Crippen LogP contribution in [0.1, 0.15) is 12.0 Å². The summed E-state index contributed by atoms with van der Waals surface area (Å²) in [5.74, 6) is -1.04. The minimum Gasteiger partial charge on any atom is -0.302 e. The van der Waals surface area contributed by atoms with Crippen molar-refractivity contribution in [1.82, 2.24) is 15.5 Å². The van der Waals surface area contributed by atoms with Gasteiger partial charge < -0.3 is 4.90 Å². The maximum absolute atomic E-state index is 10.9. The molecule has 1 aromatic rings. The molecule has 0 aliphatic carbocycles. The molecule has 0 spiro atoms. The zero-order chi connectivity index (χ0) is 14.4. The van der Waals surface area contributed by atoms with Crippen molar-refractivity contribution in [2.45, 2.75) is 13.0 Å². The first-order chi connectivity index (χ1) is 9.65. The van der Waals surface area contributed by atoms with Crippen molar-refractivity contribution >= 4 is 17.8 Å². The van der Waals surface area contributed by atoms with E-state index >= 15 is 0 Å². The number of guanidine groups is 1. The maximum atomic E-state index is 10.9. The first-order valence-electron chi connectivity index (χ1n) is 6.54. The van der Waals surface area contributed by atoms with Crippen LogP contribution in [0.15, 0.2) is 35.3 Å². The Morgan fingerprint density at radius 2 is 1.75 bits per heavy atom. The predicted molar refractivity (Wildman–Crippen MR) is 76.0 cm³/mol. The van der Waals surface area contributed by atoms with Crippen LogP contribution in [-0.2, 0) is 16.1 Å². The lowest BCUT2D eigenvalue weighted by Crippen LogP contribution is -2.26. The highest BCUT2D eigenvalue weighted by Crippen LogP contribution is 2.02. The Kier molecular flexibility index (Phi) is 4.84. The molecule has 0 unspecified atom stereocenters. The van der Waals surface area contributed by atoms with Crippen molar-refractivity contribution in [2.75, 3.05) is 20.1 Å². The molecule has 2 N–H and O–H groups in total. The summed E-state index contributed by atoms with van der Waals surface area (Å²) in [7, 11) is 2.05. The molecule has 106 valence electrons. The number of nitrogens with zero attached hydrogens (tertiary/aromatic N) is 2. The SMILES string of the molecule is CN(CCCN=C1NC(=O)C(=O)N1)Cc1ccccc1. The molecule has 0 radical (unpaired) electrons. The number of aliphatic imine (C=N–C) groups is 1. The molecule has 0 atom stereocenters. The highest BCUT2D eigenvalue weighted by molar-refractivity contribution is 6.45. The summed E-state index contributed by atoms with van der Waals surface area (Å²) in [6.07, 6.45) is 0.860. The van der Waals surface area contributed by atoms with Crippen LogP contribution < -0.4 is 10.6 Å². The van der Waals surface area contributed by atoms with E-state index in [2.05, 4.69) is 39.7 Å². The van der Waals surface area contributed by atoms with E-state index in [0.717, 1.165) is 19.5 Å². The van der Waals surface area contributed by atoms with Crippen molar-refractivity contribution in [3.8, 4) is 0 Å². The smallest absolute Gasteiger partial charge is 0.302 e. The topological polar surface area (TPSA) is 73.8 Å². The van der Waals surface area contributed by atoms with Crippen LogP contribution in [0.25, 0.3) is 0 Å². The summed E-state index contributed by atoms with van der Waals surface area (Å²) in [5, 5.41) is 4.74. The van der Waals surface area contributed by atoms with E-state index < -0.39 is 11.8 Å². The number of carbonyl (C=O) groups is 2. The highest BCUT2D eigenvalue weighted by atomic mass is 16.2. The largest absolute Gasteiger partial charge is 0.316 e. The van der Waals surface area contributed by atoms with Gasteiger partial charge in [0, 0.05) is 13.1 Å². The van der Waals surface area contributed by atoms with Crippen molar-refractivity contribution in [2.24, 2.45) is 4.99 Å². The third-order valence-electron chi connectivity index (χ3n) is 2.93. The maximum Gasteiger partial charge on any atom is 0.316 e. The summed E-state index contributed by atoms with van der Waals surface area (Å²) in [6.45, 7) is 2.35. The van der Waals surface area contributed by atoms with Crippen LogP contribution in [0.5, 0.6) is 0 Å². The van der Waals surface area contributed by atoms with Crippen LogP contribution in [0.4, 0.5) is 0 Å². The fourth-order valence-electron chi connectivity index (χ4n) is 1.94. The Bertz CT molecular complexity index is 495. The molecule has 6 nitrogen and oxygen atoms in total. The minimum absolute atomic E-state index is 0.255. The van der Waals surface area contributed by atoms with E-state index in [4.69, 9.17) is 0 Å². The molecule has 0 saturated carbocycles. The summed E-state index contributed by atoms with van der Waals surface area (Å²) in [6, 6.07) is 10.3. The fraction of sp³-hybridized carbons (Fsp3) is 0.357. The van der Waals surface area contributed by atoms with Crippen molar-refractivity contribution in [3.05, 3.63) is 35.9 Å². The molecule has 20 heavy (non-hydrogen) atoms. The molecule has 1 heterocycles. The lowest BCUT2D eigenvalue weighted by Gasteiger charge is -2.15. The molecule has 0 bridgehead atoms. The molecule has 1 aliphatic rings. The van der Waals surface area contributed by atoms with Gasteiger partial charge in [0.25, 0.3) is 0 Å². The molecule has 1 aromatic carbocycles. The van der Waals surface area contributed by atoms with Gasteiger partial charge in [-0.15, -0.1) is 0 Å². The molecule has 1 saturated heterocycles. The fourth-order valence-corrected chi connectivity index (χ4v) is 1.94. The second-order valence-corrected chi connectivity index (χ2v) is 4.72. The van der Waals surface area contributed by atoms with Gasteiger partial charge in [0.2, 0.25) is 5.96 Å².